The number of nitrogens with zero attached hydrogens (tertiary/aromatic N) is 1. The molecule has 1 aliphatic heterocycles. The first-order valence-corrected chi connectivity index (χ1v) is 13.5. The summed E-state index contributed by atoms with van der Waals surface area (Å²) in [7, 11) is 1.51. The van der Waals surface area contributed by atoms with Crippen molar-refractivity contribution in [2.24, 2.45) is 0 Å². The lowest BCUT2D eigenvalue weighted by Gasteiger charge is -2.26. The molecule has 0 saturated heterocycles. The van der Waals surface area contributed by atoms with Crippen molar-refractivity contribution in [3.63, 3.8) is 0 Å². The number of carbonyl (C=O) groups excluding carboxylic acids is 2. The summed E-state index contributed by atoms with van der Waals surface area (Å²) in [6, 6.07) is 15.5. The fourth-order valence-electron chi connectivity index (χ4n) is 4.80. The summed E-state index contributed by atoms with van der Waals surface area (Å²) in [5, 5.41) is 0.633. The Balaban J connectivity index is 1.64. The number of methoxy groups -OCH3 is 1. The van der Waals surface area contributed by atoms with Crippen molar-refractivity contribution in [3.05, 3.63) is 111 Å². The molecule has 0 fully saturated rings. The number of unbranched alkanes of at least 4 members (excludes halogenated alkanes) is 1. The van der Waals surface area contributed by atoms with E-state index in [0.717, 1.165) is 12.8 Å². The number of benzene rings is 3. The highest BCUT2D eigenvalue weighted by Crippen LogP contribution is 2.43. The minimum atomic E-state index is -0.859. The average Bonchev–Trinajstić information content (AvgIpc) is 3.28. The number of anilines is 1. The van der Waals surface area contributed by atoms with E-state index in [4.69, 9.17) is 30.2 Å². The molecule has 8 nitrogen and oxygen atoms in total. The molecule has 0 saturated carbocycles. The second kappa shape index (κ2) is 11.9. The largest absolute Gasteiger partial charge is 0.493 e. The SMILES string of the molecule is C=CCOc1ccc(C2c3c(oc4ccc(Cl)cc4c3=O)C(=O)N2c2ccc(C(=O)OCCCC)cc2)cc1OC. The van der Waals surface area contributed by atoms with Gasteiger partial charge in [0.25, 0.3) is 5.91 Å². The second-order valence-corrected chi connectivity index (χ2v) is 9.87. The summed E-state index contributed by atoms with van der Waals surface area (Å²) in [6.07, 6.45) is 3.30. The normalized spacial score (nSPS) is 14.2. The van der Waals surface area contributed by atoms with Gasteiger partial charge in [0.2, 0.25) is 5.76 Å². The predicted octanol–water partition coefficient (Wildman–Crippen LogP) is 6.73. The Morgan fingerprint density at radius 1 is 1.07 bits per heavy atom. The first kappa shape index (κ1) is 28.0. The zero-order valence-corrected chi connectivity index (χ0v) is 23.4. The first-order chi connectivity index (χ1) is 19.9. The van der Waals surface area contributed by atoms with Crippen molar-refractivity contribution in [1.29, 1.82) is 0 Å². The number of ether oxygens (including phenoxy) is 3. The van der Waals surface area contributed by atoms with Crippen LogP contribution in [0, 0.1) is 0 Å². The number of hydrogen-bond acceptors (Lipinski definition) is 7. The van der Waals surface area contributed by atoms with Crippen molar-refractivity contribution < 1.29 is 28.2 Å². The van der Waals surface area contributed by atoms with Gasteiger partial charge < -0.3 is 18.6 Å². The molecule has 41 heavy (non-hydrogen) atoms. The number of rotatable bonds is 10. The Hall–Kier alpha value is -4.56. The standard InChI is InChI=1S/C32H28ClNO7/c1-4-6-16-40-32(37)19-7-11-22(12-8-19)34-28(20-9-13-25(39-15-5-2)26(17-20)38-3)27-29(35)23-18-21(33)10-14-24(23)41-30(27)31(34)36/h5,7-14,17-18,28H,2,4,6,15-16H2,1,3H3. The number of carbonyl (C=O) groups is 2. The number of hydrogen-bond donors (Lipinski definition) is 0. The van der Waals surface area contributed by atoms with Crippen LogP contribution >= 0.6 is 11.6 Å². The summed E-state index contributed by atoms with van der Waals surface area (Å²) >= 11 is 6.19. The van der Waals surface area contributed by atoms with Gasteiger partial charge in [-0.2, -0.15) is 0 Å². The number of esters is 1. The number of halogens is 1. The molecule has 0 bridgehead atoms. The van der Waals surface area contributed by atoms with E-state index in [9.17, 15) is 14.4 Å². The van der Waals surface area contributed by atoms with Crippen molar-refractivity contribution in [2.75, 3.05) is 25.2 Å². The lowest BCUT2D eigenvalue weighted by atomic mass is 9.97. The molecule has 0 N–H and O–H groups in total. The molecule has 4 aromatic rings. The van der Waals surface area contributed by atoms with Crippen LogP contribution in [0.2, 0.25) is 5.02 Å². The summed E-state index contributed by atoms with van der Waals surface area (Å²) in [5.74, 6) is -0.108. The van der Waals surface area contributed by atoms with Gasteiger partial charge in [0.05, 0.1) is 36.3 Å². The fourth-order valence-corrected chi connectivity index (χ4v) is 4.97. The lowest BCUT2D eigenvalue weighted by Crippen LogP contribution is -2.29. The molecular weight excluding hydrogens is 546 g/mol. The van der Waals surface area contributed by atoms with E-state index in [2.05, 4.69) is 6.58 Å². The Morgan fingerprint density at radius 2 is 1.85 bits per heavy atom. The predicted molar refractivity (Wildman–Crippen MR) is 156 cm³/mol. The first-order valence-electron chi connectivity index (χ1n) is 13.2. The smallest absolute Gasteiger partial charge is 0.338 e. The molecule has 0 radical (unpaired) electrons. The van der Waals surface area contributed by atoms with E-state index >= 15 is 0 Å². The molecule has 1 aromatic heterocycles. The molecular formula is C32H28ClNO7. The van der Waals surface area contributed by atoms with Crippen LogP contribution in [0.4, 0.5) is 5.69 Å². The molecule has 1 aliphatic rings. The monoisotopic (exact) mass is 573 g/mol. The van der Waals surface area contributed by atoms with Crippen LogP contribution < -0.4 is 19.8 Å². The van der Waals surface area contributed by atoms with E-state index in [1.54, 1.807) is 60.7 Å². The quantitative estimate of drug-likeness (QED) is 0.118. The highest BCUT2D eigenvalue weighted by atomic mass is 35.5. The minimum absolute atomic E-state index is 0.0659. The maximum atomic E-state index is 13.9. The van der Waals surface area contributed by atoms with Crippen LogP contribution in [-0.2, 0) is 4.74 Å². The van der Waals surface area contributed by atoms with Crippen molar-refractivity contribution in [2.45, 2.75) is 25.8 Å². The van der Waals surface area contributed by atoms with E-state index in [-0.39, 0.29) is 34.3 Å². The van der Waals surface area contributed by atoms with Crippen LogP contribution in [0.15, 0.2) is 82.5 Å². The highest BCUT2D eigenvalue weighted by molar-refractivity contribution is 6.31. The van der Waals surface area contributed by atoms with Crippen LogP contribution in [-0.4, -0.2) is 32.2 Å². The molecule has 5 rings (SSSR count). The zero-order chi connectivity index (χ0) is 29.1. The molecule has 0 spiro atoms. The molecule has 1 unspecified atom stereocenters. The maximum Gasteiger partial charge on any atom is 0.338 e. The number of fused-ring (bicyclic) bond motifs is 2. The fraction of sp³-hybridized carbons (Fsp3) is 0.219. The molecule has 3 aromatic carbocycles. The van der Waals surface area contributed by atoms with Crippen LogP contribution in [0.3, 0.4) is 0 Å². The molecule has 1 atom stereocenters. The van der Waals surface area contributed by atoms with Gasteiger partial charge in [0.15, 0.2) is 16.9 Å². The Kier molecular flexibility index (Phi) is 8.12. The van der Waals surface area contributed by atoms with Crippen LogP contribution in [0.1, 0.15) is 57.8 Å². The highest BCUT2D eigenvalue weighted by Gasteiger charge is 2.44. The second-order valence-electron chi connectivity index (χ2n) is 9.44. The molecule has 2 heterocycles. The summed E-state index contributed by atoms with van der Waals surface area (Å²) in [6.45, 7) is 6.29. The van der Waals surface area contributed by atoms with Crippen molar-refractivity contribution in [3.8, 4) is 11.5 Å². The summed E-state index contributed by atoms with van der Waals surface area (Å²) < 4.78 is 22.6. The lowest BCUT2D eigenvalue weighted by molar-refractivity contribution is 0.0499. The Morgan fingerprint density at radius 3 is 2.56 bits per heavy atom. The van der Waals surface area contributed by atoms with Gasteiger partial charge in [-0.25, -0.2) is 4.79 Å². The third-order valence-electron chi connectivity index (χ3n) is 6.80. The summed E-state index contributed by atoms with van der Waals surface area (Å²) in [4.78, 5) is 41.7. The van der Waals surface area contributed by atoms with Crippen molar-refractivity contribution >= 4 is 40.1 Å². The van der Waals surface area contributed by atoms with Gasteiger partial charge in [-0.05, 0) is 66.6 Å². The van der Waals surface area contributed by atoms with Gasteiger partial charge in [-0.1, -0.05) is 43.7 Å². The minimum Gasteiger partial charge on any atom is -0.493 e. The van der Waals surface area contributed by atoms with Gasteiger partial charge >= 0.3 is 5.97 Å². The maximum absolute atomic E-state index is 13.9. The van der Waals surface area contributed by atoms with E-state index in [1.165, 1.54) is 18.1 Å². The van der Waals surface area contributed by atoms with Gasteiger partial charge in [-0.15, -0.1) is 0 Å². The topological polar surface area (TPSA) is 95.3 Å². The molecule has 9 heteroatoms. The van der Waals surface area contributed by atoms with Gasteiger partial charge in [0, 0.05) is 10.7 Å². The number of amides is 1. The van der Waals surface area contributed by atoms with Crippen LogP contribution in [0.5, 0.6) is 11.5 Å². The molecule has 210 valence electrons. The third-order valence-corrected chi connectivity index (χ3v) is 7.04. The molecule has 1 amide bonds. The Bertz CT molecular complexity index is 1690. The molecule has 0 aliphatic carbocycles. The van der Waals surface area contributed by atoms with Gasteiger partial charge in [-0.3, -0.25) is 14.5 Å². The van der Waals surface area contributed by atoms with Crippen LogP contribution in [0.25, 0.3) is 11.0 Å². The van der Waals surface area contributed by atoms with Gasteiger partial charge in [0.1, 0.15) is 12.2 Å². The van der Waals surface area contributed by atoms with E-state index in [0.29, 0.717) is 39.9 Å². The third kappa shape index (κ3) is 5.30. The zero-order valence-electron chi connectivity index (χ0n) is 22.6. The Labute approximate surface area is 241 Å². The van der Waals surface area contributed by atoms with E-state index < -0.39 is 17.9 Å². The summed E-state index contributed by atoms with van der Waals surface area (Å²) in [5.41, 5.74) is 1.47. The van der Waals surface area contributed by atoms with Crippen molar-refractivity contribution in [1.82, 2.24) is 0 Å². The average molecular weight is 574 g/mol. The van der Waals surface area contributed by atoms with E-state index in [1.807, 2.05) is 6.92 Å².